The number of anilines is 2. The molecular weight excluding hydrogens is 484 g/mol. The minimum Gasteiger partial charge on any atom is -0.363 e. The molecule has 34 heavy (non-hydrogen) atoms. The van der Waals surface area contributed by atoms with Crippen molar-refractivity contribution in [2.24, 2.45) is 0 Å². The first-order chi connectivity index (χ1) is 16.0. The van der Waals surface area contributed by atoms with Gasteiger partial charge in [0.15, 0.2) is 0 Å². The number of nitro benzene ring substituents is 1. The molecule has 0 N–H and O–H groups in total. The Hall–Kier alpha value is -3.25. The van der Waals surface area contributed by atoms with Gasteiger partial charge < -0.3 is 4.90 Å². The molecule has 2 saturated heterocycles. The lowest BCUT2D eigenvalue weighted by Crippen LogP contribution is -2.52. The Labute approximate surface area is 195 Å². The van der Waals surface area contributed by atoms with Gasteiger partial charge in [-0.3, -0.25) is 24.6 Å². The van der Waals surface area contributed by atoms with Crippen molar-refractivity contribution in [2.75, 3.05) is 36.0 Å². The third-order valence-corrected chi connectivity index (χ3v) is 6.17. The van der Waals surface area contributed by atoms with Crippen LogP contribution in [-0.4, -0.2) is 53.9 Å². The monoisotopic (exact) mass is 500 g/mol. The second-order valence-corrected chi connectivity index (χ2v) is 8.27. The number of carbonyl (C=O) groups is 2. The fourth-order valence-electron chi connectivity index (χ4n) is 4.18. The van der Waals surface area contributed by atoms with Crippen LogP contribution >= 0.6 is 11.6 Å². The summed E-state index contributed by atoms with van der Waals surface area (Å²) in [6.07, 6.45) is -4.81. The summed E-state index contributed by atoms with van der Waals surface area (Å²) in [6, 6.07) is 5.12. The van der Waals surface area contributed by atoms with E-state index in [1.165, 1.54) is 12.1 Å². The number of nitro groups is 1. The number of hydrogen-bond donors (Lipinski definition) is 0. The highest BCUT2D eigenvalue weighted by Gasteiger charge is 2.44. The standard InChI is InChI=1S/C21H17ClF4N4O4/c22-14-10-13(2-3-15(14)23)29-19(31)11-18(20(29)32)28-7-5-27(6-8-28)16-4-1-12(21(24,25)26)9-17(16)30(33)34/h1-4,9-10,18H,5-8,11H2/t18-/m1/s1. The molecule has 2 aliphatic heterocycles. The molecule has 0 bridgehead atoms. The van der Waals surface area contributed by atoms with Gasteiger partial charge in [0.1, 0.15) is 11.5 Å². The smallest absolute Gasteiger partial charge is 0.363 e. The van der Waals surface area contributed by atoms with Crippen LogP contribution in [0.3, 0.4) is 0 Å². The number of piperazine rings is 1. The van der Waals surface area contributed by atoms with Crippen molar-refractivity contribution in [2.45, 2.75) is 18.6 Å². The van der Waals surface area contributed by atoms with Crippen molar-refractivity contribution < 1.29 is 32.1 Å². The molecule has 0 saturated carbocycles. The van der Waals surface area contributed by atoms with Gasteiger partial charge in [0.2, 0.25) is 5.91 Å². The number of hydrogen-bond acceptors (Lipinski definition) is 6. The summed E-state index contributed by atoms with van der Waals surface area (Å²) in [5.41, 5.74) is -1.57. The van der Waals surface area contributed by atoms with E-state index in [1.807, 2.05) is 0 Å². The molecule has 0 radical (unpaired) electrons. The third kappa shape index (κ3) is 4.42. The first-order valence-electron chi connectivity index (χ1n) is 10.1. The van der Waals surface area contributed by atoms with Gasteiger partial charge in [-0.1, -0.05) is 11.6 Å². The highest BCUT2D eigenvalue weighted by atomic mass is 35.5. The molecule has 2 heterocycles. The van der Waals surface area contributed by atoms with E-state index in [0.29, 0.717) is 6.07 Å². The summed E-state index contributed by atoms with van der Waals surface area (Å²) >= 11 is 5.77. The molecule has 8 nitrogen and oxygen atoms in total. The van der Waals surface area contributed by atoms with Crippen molar-refractivity contribution in [1.82, 2.24) is 4.90 Å². The van der Waals surface area contributed by atoms with Crippen molar-refractivity contribution in [3.8, 4) is 0 Å². The Morgan fingerprint density at radius 1 is 1.03 bits per heavy atom. The minimum absolute atomic E-state index is 0.0501. The Kier molecular flexibility index (Phi) is 6.21. The fraction of sp³-hybridized carbons (Fsp3) is 0.333. The quantitative estimate of drug-likeness (QED) is 0.274. The normalized spacial score (nSPS) is 19.7. The number of amides is 2. The van der Waals surface area contributed by atoms with Gasteiger partial charge in [0, 0.05) is 32.2 Å². The molecule has 2 aliphatic rings. The van der Waals surface area contributed by atoms with Gasteiger partial charge >= 0.3 is 6.18 Å². The lowest BCUT2D eigenvalue weighted by molar-refractivity contribution is -0.384. The first-order valence-corrected chi connectivity index (χ1v) is 10.5. The van der Waals surface area contributed by atoms with Crippen molar-refractivity contribution in [3.05, 3.63) is 62.9 Å². The van der Waals surface area contributed by atoms with Crippen LogP contribution in [0.25, 0.3) is 0 Å². The summed E-state index contributed by atoms with van der Waals surface area (Å²) in [4.78, 5) is 40.3. The van der Waals surface area contributed by atoms with Crippen LogP contribution in [0.2, 0.25) is 5.02 Å². The molecule has 180 valence electrons. The lowest BCUT2D eigenvalue weighted by Gasteiger charge is -2.37. The molecular formula is C21H17ClF4N4O4. The van der Waals surface area contributed by atoms with E-state index in [2.05, 4.69) is 0 Å². The zero-order chi connectivity index (χ0) is 24.8. The average molecular weight is 501 g/mol. The van der Waals surface area contributed by atoms with Crippen LogP contribution < -0.4 is 9.80 Å². The Morgan fingerprint density at radius 2 is 1.71 bits per heavy atom. The Bertz CT molecular complexity index is 1170. The molecule has 2 fully saturated rings. The Morgan fingerprint density at radius 3 is 2.29 bits per heavy atom. The molecule has 0 aromatic heterocycles. The van der Waals surface area contributed by atoms with Crippen molar-refractivity contribution >= 4 is 40.5 Å². The van der Waals surface area contributed by atoms with Crippen LogP contribution in [0.5, 0.6) is 0 Å². The first kappa shape index (κ1) is 23.9. The second-order valence-electron chi connectivity index (χ2n) is 7.87. The zero-order valence-electron chi connectivity index (χ0n) is 17.4. The zero-order valence-corrected chi connectivity index (χ0v) is 18.1. The van der Waals surface area contributed by atoms with Crippen LogP contribution in [-0.2, 0) is 15.8 Å². The number of imide groups is 1. The average Bonchev–Trinajstić information content (AvgIpc) is 3.08. The number of halogens is 5. The number of rotatable bonds is 4. The van der Waals surface area contributed by atoms with Crippen LogP contribution in [0, 0.1) is 15.9 Å². The Balaban J connectivity index is 1.48. The topological polar surface area (TPSA) is 87.0 Å². The summed E-state index contributed by atoms with van der Waals surface area (Å²) in [5.74, 6) is -1.66. The van der Waals surface area contributed by atoms with E-state index >= 15 is 0 Å². The van der Waals surface area contributed by atoms with E-state index in [4.69, 9.17) is 11.6 Å². The van der Waals surface area contributed by atoms with Gasteiger partial charge in [-0.2, -0.15) is 13.2 Å². The van der Waals surface area contributed by atoms with Gasteiger partial charge in [-0.25, -0.2) is 9.29 Å². The summed E-state index contributed by atoms with van der Waals surface area (Å²) in [5, 5.41) is 11.2. The van der Waals surface area contributed by atoms with Gasteiger partial charge in [0.25, 0.3) is 11.6 Å². The fourth-order valence-corrected chi connectivity index (χ4v) is 4.36. The SMILES string of the molecule is O=C1C[C@@H](N2CCN(c3ccc(C(F)(F)F)cc3[N+](=O)[O-])CC2)C(=O)N1c1ccc(F)c(Cl)c1. The van der Waals surface area contributed by atoms with E-state index in [9.17, 15) is 37.3 Å². The minimum atomic E-state index is -4.71. The summed E-state index contributed by atoms with van der Waals surface area (Å²) in [7, 11) is 0. The molecule has 1 atom stereocenters. The number of benzene rings is 2. The summed E-state index contributed by atoms with van der Waals surface area (Å²) < 4.78 is 52.3. The summed E-state index contributed by atoms with van der Waals surface area (Å²) in [6.45, 7) is 0.902. The van der Waals surface area contributed by atoms with E-state index in [0.717, 1.165) is 23.1 Å². The maximum atomic E-state index is 13.5. The molecule has 0 spiro atoms. The molecule has 0 aliphatic carbocycles. The second kappa shape index (κ2) is 8.84. The molecule has 13 heteroatoms. The number of nitrogens with zero attached hydrogens (tertiary/aromatic N) is 4. The lowest BCUT2D eigenvalue weighted by atomic mass is 10.1. The maximum absolute atomic E-state index is 13.5. The predicted octanol–water partition coefficient (Wildman–Crippen LogP) is 3.86. The van der Waals surface area contributed by atoms with Gasteiger partial charge in [-0.15, -0.1) is 0 Å². The number of alkyl halides is 3. The molecule has 2 aromatic rings. The molecule has 2 amide bonds. The largest absolute Gasteiger partial charge is 0.416 e. The van der Waals surface area contributed by atoms with Gasteiger partial charge in [0.05, 0.1) is 33.7 Å². The molecule has 0 unspecified atom stereocenters. The van der Waals surface area contributed by atoms with Crippen LogP contribution in [0.4, 0.5) is 34.6 Å². The van der Waals surface area contributed by atoms with Gasteiger partial charge in [-0.05, 0) is 30.3 Å². The molecule has 2 aromatic carbocycles. The van der Waals surface area contributed by atoms with Crippen molar-refractivity contribution in [1.29, 1.82) is 0 Å². The van der Waals surface area contributed by atoms with E-state index < -0.39 is 46.0 Å². The predicted molar refractivity (Wildman–Crippen MR) is 114 cm³/mol. The van der Waals surface area contributed by atoms with E-state index in [-0.39, 0.29) is 49.0 Å². The molecule has 4 rings (SSSR count). The van der Waals surface area contributed by atoms with Crippen LogP contribution in [0.15, 0.2) is 36.4 Å². The van der Waals surface area contributed by atoms with Crippen molar-refractivity contribution in [3.63, 3.8) is 0 Å². The highest BCUT2D eigenvalue weighted by molar-refractivity contribution is 6.31. The van der Waals surface area contributed by atoms with Crippen LogP contribution in [0.1, 0.15) is 12.0 Å². The highest BCUT2D eigenvalue weighted by Crippen LogP contribution is 2.37. The maximum Gasteiger partial charge on any atom is 0.416 e. The van der Waals surface area contributed by atoms with E-state index in [1.54, 1.807) is 9.80 Å². The number of carbonyl (C=O) groups excluding carboxylic acids is 2. The third-order valence-electron chi connectivity index (χ3n) is 5.88.